The molecule has 0 bridgehead atoms. The van der Waals surface area contributed by atoms with Crippen LogP contribution in [-0.2, 0) is 9.59 Å². The van der Waals surface area contributed by atoms with Crippen molar-refractivity contribution in [1.82, 2.24) is 20.4 Å². The highest BCUT2D eigenvalue weighted by atomic mass is 16.4. The highest BCUT2D eigenvalue weighted by Gasteiger charge is 2.37. The van der Waals surface area contributed by atoms with Gasteiger partial charge >= 0.3 is 18.0 Å². The number of carbonyl (C=O) groups is 4. The van der Waals surface area contributed by atoms with Crippen LogP contribution in [0.2, 0.25) is 0 Å². The largest absolute Gasteiger partial charge is 0.480 e. The summed E-state index contributed by atoms with van der Waals surface area (Å²) < 4.78 is 0. The molecule has 2 aliphatic heterocycles. The molecule has 2 atom stereocenters. The molecule has 2 heterocycles. The van der Waals surface area contributed by atoms with Crippen molar-refractivity contribution in [3.8, 4) is 0 Å². The quantitative estimate of drug-likeness (QED) is 0.462. The Morgan fingerprint density at radius 2 is 2.14 bits per heavy atom. The predicted octanol–water partition coefficient (Wildman–Crippen LogP) is -2.27. The lowest BCUT2D eigenvalue weighted by Crippen LogP contribution is -2.58. The third kappa shape index (κ3) is 3.33. The van der Waals surface area contributed by atoms with E-state index in [1.807, 2.05) is 0 Å². The van der Waals surface area contributed by atoms with Gasteiger partial charge in [-0.3, -0.25) is 4.79 Å². The lowest BCUT2D eigenvalue weighted by Gasteiger charge is -2.36. The number of carboxylic acid groups (broad SMARTS) is 1. The minimum atomic E-state index is -1.35. The van der Waals surface area contributed by atoms with Crippen LogP contribution in [0.3, 0.4) is 0 Å². The Bertz CT molecular complexity index is 482. The molecule has 2 rings (SSSR count). The van der Waals surface area contributed by atoms with E-state index in [1.54, 1.807) is 4.90 Å². The van der Waals surface area contributed by atoms with Gasteiger partial charge in [0.1, 0.15) is 6.04 Å². The lowest BCUT2D eigenvalue weighted by atomic mass is 10.2. The molecule has 0 aliphatic carbocycles. The number of rotatable bonds is 4. The van der Waals surface area contributed by atoms with E-state index in [-0.39, 0.29) is 12.1 Å². The van der Waals surface area contributed by atoms with Gasteiger partial charge in [-0.1, -0.05) is 0 Å². The summed E-state index contributed by atoms with van der Waals surface area (Å²) in [6.07, 6.45) is -0.468. The van der Waals surface area contributed by atoms with Gasteiger partial charge < -0.3 is 31.3 Å². The number of aliphatic carboxylic acids is 1. The Morgan fingerprint density at radius 1 is 1.43 bits per heavy atom. The fourth-order valence-electron chi connectivity index (χ4n) is 2.43. The van der Waals surface area contributed by atoms with Gasteiger partial charge in [0.05, 0.1) is 12.5 Å². The summed E-state index contributed by atoms with van der Waals surface area (Å²) in [6.45, 7) is 1.45. The van der Waals surface area contributed by atoms with Crippen molar-refractivity contribution in [2.75, 3.05) is 26.2 Å². The first-order chi connectivity index (χ1) is 9.88. The number of nitrogens with zero attached hydrogens (tertiary/aromatic N) is 2. The Labute approximate surface area is 120 Å². The van der Waals surface area contributed by atoms with Crippen LogP contribution in [0.1, 0.15) is 6.42 Å². The third-order valence-electron chi connectivity index (χ3n) is 3.52. The Kier molecular flexibility index (Phi) is 4.15. The van der Waals surface area contributed by atoms with Gasteiger partial charge in [-0.15, -0.1) is 0 Å². The second kappa shape index (κ2) is 5.85. The molecule has 5 amide bonds. The monoisotopic (exact) mass is 299 g/mol. The van der Waals surface area contributed by atoms with Crippen LogP contribution in [0.4, 0.5) is 9.59 Å². The number of hydrogen-bond acceptors (Lipinski definition) is 4. The number of nitrogens with two attached hydrogens (primary N) is 1. The van der Waals surface area contributed by atoms with Gasteiger partial charge in [-0.05, 0) is 0 Å². The maximum Gasteiger partial charge on any atom is 0.326 e. The van der Waals surface area contributed by atoms with Crippen molar-refractivity contribution in [2.45, 2.75) is 18.5 Å². The van der Waals surface area contributed by atoms with Gasteiger partial charge in [-0.25, -0.2) is 14.4 Å². The van der Waals surface area contributed by atoms with Crippen LogP contribution in [0, 0.1) is 0 Å². The van der Waals surface area contributed by atoms with E-state index < -0.39 is 30.4 Å². The van der Waals surface area contributed by atoms with Crippen molar-refractivity contribution in [1.29, 1.82) is 0 Å². The highest BCUT2D eigenvalue weighted by molar-refractivity contribution is 5.87. The Morgan fingerprint density at radius 3 is 2.76 bits per heavy atom. The molecule has 116 valence electrons. The Hall–Kier alpha value is -2.52. The van der Waals surface area contributed by atoms with Crippen molar-refractivity contribution in [3.63, 3.8) is 0 Å². The van der Waals surface area contributed by atoms with E-state index in [4.69, 9.17) is 10.8 Å². The molecule has 21 heavy (non-hydrogen) atoms. The molecule has 0 spiro atoms. The van der Waals surface area contributed by atoms with Crippen LogP contribution in [-0.4, -0.2) is 77.1 Å². The molecule has 0 aromatic rings. The summed E-state index contributed by atoms with van der Waals surface area (Å²) in [7, 11) is 0. The molecule has 10 heteroatoms. The number of primary amides is 1. The smallest absolute Gasteiger partial charge is 0.326 e. The van der Waals surface area contributed by atoms with Crippen molar-refractivity contribution in [3.05, 3.63) is 0 Å². The molecule has 0 aromatic carbocycles. The maximum atomic E-state index is 12.0. The predicted molar refractivity (Wildman–Crippen MR) is 69.2 cm³/mol. The topological polar surface area (TPSA) is 145 Å². The summed E-state index contributed by atoms with van der Waals surface area (Å²) in [5, 5.41) is 13.9. The first-order valence-corrected chi connectivity index (χ1v) is 6.49. The molecule has 2 saturated heterocycles. The van der Waals surface area contributed by atoms with E-state index in [2.05, 4.69) is 10.6 Å². The van der Waals surface area contributed by atoms with Crippen LogP contribution >= 0.6 is 0 Å². The van der Waals surface area contributed by atoms with Gasteiger partial charge in [0.25, 0.3) is 0 Å². The maximum absolute atomic E-state index is 12.0. The zero-order valence-electron chi connectivity index (χ0n) is 11.2. The molecule has 5 N–H and O–H groups in total. The molecule has 2 fully saturated rings. The van der Waals surface area contributed by atoms with Crippen LogP contribution in [0.25, 0.3) is 0 Å². The molecule has 2 aliphatic rings. The number of urea groups is 2. The van der Waals surface area contributed by atoms with Crippen molar-refractivity contribution >= 4 is 23.9 Å². The fourth-order valence-corrected chi connectivity index (χ4v) is 2.43. The molecular weight excluding hydrogens is 282 g/mol. The van der Waals surface area contributed by atoms with Gasteiger partial charge in [0.15, 0.2) is 0 Å². The summed E-state index contributed by atoms with van der Waals surface area (Å²) in [6, 6.07) is -2.20. The summed E-state index contributed by atoms with van der Waals surface area (Å²) in [4.78, 5) is 48.3. The number of carboxylic acids is 1. The number of amides is 5. The molecule has 1 unspecified atom stereocenters. The number of fused-ring (bicyclic) bond motifs is 1. The average molecular weight is 299 g/mol. The number of nitrogens with one attached hydrogen (secondary N) is 2. The Balaban J connectivity index is 1.92. The minimum Gasteiger partial charge on any atom is -0.480 e. The molecule has 0 aromatic heterocycles. The normalized spacial score (nSPS) is 22.3. The lowest BCUT2D eigenvalue weighted by molar-refractivity contribution is -0.141. The summed E-state index contributed by atoms with van der Waals surface area (Å²) in [5.74, 6) is -2.13. The number of hydrogen-bond donors (Lipinski definition) is 4. The second-order valence-electron chi connectivity index (χ2n) is 4.99. The van der Waals surface area contributed by atoms with Crippen molar-refractivity contribution < 1.29 is 24.3 Å². The van der Waals surface area contributed by atoms with Gasteiger partial charge in [0.2, 0.25) is 5.91 Å². The zero-order valence-corrected chi connectivity index (χ0v) is 11.2. The van der Waals surface area contributed by atoms with E-state index in [9.17, 15) is 19.2 Å². The molecule has 0 saturated carbocycles. The average Bonchev–Trinajstić information content (AvgIpc) is 2.78. The van der Waals surface area contributed by atoms with E-state index in [0.717, 1.165) is 0 Å². The van der Waals surface area contributed by atoms with Gasteiger partial charge in [0, 0.05) is 26.2 Å². The van der Waals surface area contributed by atoms with E-state index in [1.165, 1.54) is 4.90 Å². The zero-order chi connectivity index (χ0) is 15.6. The van der Waals surface area contributed by atoms with Crippen molar-refractivity contribution in [2.24, 2.45) is 5.73 Å². The van der Waals surface area contributed by atoms with Crippen LogP contribution in [0.5, 0.6) is 0 Å². The van der Waals surface area contributed by atoms with E-state index >= 15 is 0 Å². The first kappa shape index (κ1) is 14.9. The first-order valence-electron chi connectivity index (χ1n) is 6.49. The minimum absolute atomic E-state index is 0.114. The summed E-state index contributed by atoms with van der Waals surface area (Å²) >= 11 is 0. The standard InChI is InChI=1S/C11H17N5O5/c12-8(17)3-7(9(18)19)14-11(21)15-1-2-16-6(5-15)4-13-10(16)20/h6-7H,1-5H2,(H2,12,17)(H,13,20)(H,14,21)(H,18,19)/t6?,7-/m1/s1. The molecule has 0 radical (unpaired) electrons. The van der Waals surface area contributed by atoms with Crippen LogP contribution < -0.4 is 16.4 Å². The summed E-state index contributed by atoms with van der Waals surface area (Å²) in [5.41, 5.74) is 4.95. The number of carbonyl (C=O) groups excluding carboxylic acids is 3. The van der Waals surface area contributed by atoms with Gasteiger partial charge in [-0.2, -0.15) is 0 Å². The highest BCUT2D eigenvalue weighted by Crippen LogP contribution is 2.14. The number of piperazine rings is 1. The van der Waals surface area contributed by atoms with Crippen LogP contribution in [0.15, 0.2) is 0 Å². The SMILES string of the molecule is NC(=O)C[C@@H](NC(=O)N1CCN2C(=O)NCC2C1)C(=O)O. The third-order valence-corrected chi connectivity index (χ3v) is 3.52. The van der Waals surface area contributed by atoms with E-state index in [0.29, 0.717) is 26.2 Å². The molecular formula is C11H17N5O5. The molecule has 10 nitrogen and oxygen atoms in total. The second-order valence-corrected chi connectivity index (χ2v) is 4.99. The fraction of sp³-hybridized carbons (Fsp3) is 0.636.